The second kappa shape index (κ2) is 4.00. The van der Waals surface area contributed by atoms with Crippen molar-refractivity contribution < 1.29 is 5.11 Å². The van der Waals surface area contributed by atoms with E-state index in [2.05, 4.69) is 15.0 Å². The standard InChI is InChI=1S/C12H16N4O/c1-9-7-11-12(13-4-6-16(11)14-9)15-5-2-3-10(15)8-17/h4,6-7,10,17H,2-3,5,8H2,1H3/t10-/m0/s1. The monoisotopic (exact) mass is 232 g/mol. The van der Waals surface area contributed by atoms with Crippen LogP contribution in [0.1, 0.15) is 18.5 Å². The first-order valence-electron chi connectivity index (χ1n) is 5.98. The van der Waals surface area contributed by atoms with Crippen molar-refractivity contribution in [2.24, 2.45) is 0 Å². The Morgan fingerprint density at radius 3 is 3.24 bits per heavy atom. The van der Waals surface area contributed by atoms with Crippen molar-refractivity contribution >= 4 is 11.3 Å². The van der Waals surface area contributed by atoms with Crippen LogP contribution in [0, 0.1) is 6.92 Å². The van der Waals surface area contributed by atoms with Gasteiger partial charge in [0.05, 0.1) is 18.3 Å². The van der Waals surface area contributed by atoms with Gasteiger partial charge in [0.15, 0.2) is 5.82 Å². The summed E-state index contributed by atoms with van der Waals surface area (Å²) in [5.41, 5.74) is 2.00. The SMILES string of the molecule is Cc1cc2c(N3CCC[C@H]3CO)nccn2n1. The average molecular weight is 232 g/mol. The number of anilines is 1. The maximum absolute atomic E-state index is 9.38. The summed E-state index contributed by atoms with van der Waals surface area (Å²) < 4.78 is 1.85. The van der Waals surface area contributed by atoms with Gasteiger partial charge in [-0.2, -0.15) is 5.10 Å². The highest BCUT2D eigenvalue weighted by molar-refractivity contribution is 5.69. The fourth-order valence-corrected chi connectivity index (χ4v) is 2.56. The van der Waals surface area contributed by atoms with E-state index in [4.69, 9.17) is 0 Å². The lowest BCUT2D eigenvalue weighted by Gasteiger charge is -2.24. The summed E-state index contributed by atoms with van der Waals surface area (Å²) in [5.74, 6) is 0.935. The van der Waals surface area contributed by atoms with Gasteiger partial charge in [0.25, 0.3) is 0 Å². The smallest absolute Gasteiger partial charge is 0.155 e. The molecule has 1 aliphatic heterocycles. The number of aromatic nitrogens is 3. The number of nitrogens with zero attached hydrogens (tertiary/aromatic N) is 4. The zero-order valence-electron chi connectivity index (χ0n) is 9.87. The molecule has 1 aliphatic rings. The first kappa shape index (κ1) is 10.5. The van der Waals surface area contributed by atoms with Gasteiger partial charge in [-0.3, -0.25) is 0 Å². The van der Waals surface area contributed by atoms with Gasteiger partial charge in [-0.05, 0) is 25.8 Å². The highest BCUT2D eigenvalue weighted by Crippen LogP contribution is 2.27. The lowest BCUT2D eigenvalue weighted by Crippen LogP contribution is -2.33. The third-order valence-electron chi connectivity index (χ3n) is 3.35. The molecule has 2 aromatic rings. The summed E-state index contributed by atoms with van der Waals surface area (Å²) >= 11 is 0. The fraction of sp³-hybridized carbons (Fsp3) is 0.500. The largest absolute Gasteiger partial charge is 0.394 e. The van der Waals surface area contributed by atoms with Crippen LogP contribution in [0.3, 0.4) is 0 Å². The van der Waals surface area contributed by atoms with Crippen LogP contribution in [0.15, 0.2) is 18.5 Å². The molecule has 1 saturated heterocycles. The number of rotatable bonds is 2. The Kier molecular flexibility index (Phi) is 2.48. The zero-order chi connectivity index (χ0) is 11.8. The minimum absolute atomic E-state index is 0.190. The molecular weight excluding hydrogens is 216 g/mol. The van der Waals surface area contributed by atoms with Crippen molar-refractivity contribution in [1.29, 1.82) is 0 Å². The lowest BCUT2D eigenvalue weighted by molar-refractivity contribution is 0.266. The molecule has 0 saturated carbocycles. The van der Waals surface area contributed by atoms with Crippen LogP contribution in [0.4, 0.5) is 5.82 Å². The molecule has 1 N–H and O–H groups in total. The highest BCUT2D eigenvalue weighted by atomic mass is 16.3. The Hall–Kier alpha value is -1.62. The predicted molar refractivity (Wildman–Crippen MR) is 65.2 cm³/mol. The van der Waals surface area contributed by atoms with Gasteiger partial charge in [0, 0.05) is 18.9 Å². The highest BCUT2D eigenvalue weighted by Gasteiger charge is 2.26. The molecule has 0 amide bonds. The number of aliphatic hydroxyl groups is 1. The number of hydrogen-bond donors (Lipinski definition) is 1. The normalized spacial score (nSPS) is 20.4. The number of fused-ring (bicyclic) bond motifs is 1. The Morgan fingerprint density at radius 1 is 1.53 bits per heavy atom. The first-order valence-corrected chi connectivity index (χ1v) is 5.98. The number of aliphatic hydroxyl groups excluding tert-OH is 1. The Balaban J connectivity index is 2.10. The van der Waals surface area contributed by atoms with Gasteiger partial charge < -0.3 is 10.0 Å². The molecule has 1 fully saturated rings. The van der Waals surface area contributed by atoms with Crippen LogP contribution < -0.4 is 4.90 Å². The molecule has 17 heavy (non-hydrogen) atoms. The van der Waals surface area contributed by atoms with E-state index in [-0.39, 0.29) is 12.6 Å². The van der Waals surface area contributed by atoms with E-state index < -0.39 is 0 Å². The van der Waals surface area contributed by atoms with Crippen molar-refractivity contribution in [3.8, 4) is 0 Å². The van der Waals surface area contributed by atoms with E-state index in [0.717, 1.165) is 36.4 Å². The fourth-order valence-electron chi connectivity index (χ4n) is 2.56. The van der Waals surface area contributed by atoms with Crippen LogP contribution in [0.2, 0.25) is 0 Å². The molecule has 3 heterocycles. The van der Waals surface area contributed by atoms with Gasteiger partial charge in [0.2, 0.25) is 0 Å². The topological polar surface area (TPSA) is 53.7 Å². The molecule has 5 nitrogen and oxygen atoms in total. The van der Waals surface area contributed by atoms with Gasteiger partial charge in [0.1, 0.15) is 5.52 Å². The minimum atomic E-state index is 0.190. The molecule has 5 heteroatoms. The Bertz CT molecular complexity index is 536. The molecule has 0 radical (unpaired) electrons. The van der Waals surface area contributed by atoms with E-state index in [1.54, 1.807) is 6.20 Å². The molecule has 0 unspecified atom stereocenters. The van der Waals surface area contributed by atoms with Crippen molar-refractivity contribution in [1.82, 2.24) is 14.6 Å². The summed E-state index contributed by atoms with van der Waals surface area (Å²) in [4.78, 5) is 6.65. The van der Waals surface area contributed by atoms with Crippen LogP contribution in [-0.2, 0) is 0 Å². The Morgan fingerprint density at radius 2 is 2.41 bits per heavy atom. The van der Waals surface area contributed by atoms with Crippen LogP contribution >= 0.6 is 0 Å². The van der Waals surface area contributed by atoms with Crippen molar-refractivity contribution in [2.75, 3.05) is 18.1 Å². The van der Waals surface area contributed by atoms with E-state index in [9.17, 15) is 5.11 Å². The first-order chi connectivity index (χ1) is 8.29. The molecule has 2 aromatic heterocycles. The van der Waals surface area contributed by atoms with E-state index in [0.29, 0.717) is 0 Å². The molecule has 1 atom stereocenters. The van der Waals surface area contributed by atoms with Crippen molar-refractivity contribution in [3.63, 3.8) is 0 Å². The molecule has 3 rings (SSSR count). The summed E-state index contributed by atoms with van der Waals surface area (Å²) in [6.45, 7) is 3.13. The second-order valence-corrected chi connectivity index (χ2v) is 4.54. The molecular formula is C12H16N4O. The lowest BCUT2D eigenvalue weighted by atomic mass is 10.2. The summed E-state index contributed by atoms with van der Waals surface area (Å²) in [6.07, 6.45) is 5.77. The van der Waals surface area contributed by atoms with Crippen LogP contribution in [0.5, 0.6) is 0 Å². The van der Waals surface area contributed by atoms with Crippen LogP contribution in [0.25, 0.3) is 5.52 Å². The van der Waals surface area contributed by atoms with Gasteiger partial charge in [-0.1, -0.05) is 0 Å². The predicted octanol–water partition coefficient (Wildman–Crippen LogP) is 0.999. The number of aryl methyl sites for hydroxylation is 1. The maximum atomic E-state index is 9.38. The van der Waals surface area contributed by atoms with Crippen LogP contribution in [-0.4, -0.2) is 38.9 Å². The minimum Gasteiger partial charge on any atom is -0.394 e. The zero-order valence-corrected chi connectivity index (χ0v) is 9.87. The van der Waals surface area contributed by atoms with E-state index in [1.807, 2.05) is 23.7 Å². The number of hydrogen-bond acceptors (Lipinski definition) is 4. The average Bonchev–Trinajstić information content (AvgIpc) is 2.92. The summed E-state index contributed by atoms with van der Waals surface area (Å²) in [7, 11) is 0. The van der Waals surface area contributed by atoms with Gasteiger partial charge in [-0.15, -0.1) is 0 Å². The molecule has 0 spiro atoms. The quantitative estimate of drug-likeness (QED) is 0.839. The van der Waals surface area contributed by atoms with Crippen molar-refractivity contribution in [2.45, 2.75) is 25.8 Å². The summed E-state index contributed by atoms with van der Waals surface area (Å²) in [5, 5.41) is 13.8. The molecule has 0 aromatic carbocycles. The molecule has 0 aliphatic carbocycles. The summed E-state index contributed by atoms with van der Waals surface area (Å²) in [6, 6.07) is 2.23. The Labute approximate surface area is 99.7 Å². The van der Waals surface area contributed by atoms with Crippen molar-refractivity contribution in [3.05, 3.63) is 24.2 Å². The third kappa shape index (κ3) is 1.67. The van der Waals surface area contributed by atoms with E-state index in [1.165, 1.54) is 0 Å². The maximum Gasteiger partial charge on any atom is 0.155 e. The van der Waals surface area contributed by atoms with E-state index >= 15 is 0 Å². The third-order valence-corrected chi connectivity index (χ3v) is 3.35. The molecule has 0 bridgehead atoms. The second-order valence-electron chi connectivity index (χ2n) is 4.54. The van der Waals surface area contributed by atoms with Gasteiger partial charge >= 0.3 is 0 Å². The van der Waals surface area contributed by atoms with Gasteiger partial charge in [-0.25, -0.2) is 9.50 Å². The molecule has 90 valence electrons.